The molecule has 3 aromatic rings. The lowest BCUT2D eigenvalue weighted by atomic mass is 10.0. The molecule has 9 nitrogen and oxygen atoms in total. The van der Waals surface area contributed by atoms with E-state index >= 15 is 0 Å². The zero-order chi connectivity index (χ0) is 22.1. The molecule has 0 atom stereocenters. The number of nitrogens with zero attached hydrogens (tertiary/aromatic N) is 5. The van der Waals surface area contributed by atoms with Gasteiger partial charge in [-0.2, -0.15) is 4.98 Å². The van der Waals surface area contributed by atoms with Gasteiger partial charge in [-0.1, -0.05) is 18.2 Å². The number of hydrogen-bond donors (Lipinski definition) is 2. The summed E-state index contributed by atoms with van der Waals surface area (Å²) in [5, 5.41) is 12.3. The average Bonchev–Trinajstić information content (AvgIpc) is 3.48. The first-order chi connectivity index (χ1) is 14.8. The van der Waals surface area contributed by atoms with Gasteiger partial charge >= 0.3 is 5.97 Å². The standard InChI is InChI=1S/C18H20N6O.C4H6O2/c1-22(2)14-10-23(11-14)17(25)13-8-6-12(7-9-13)15-4-3-5-16-20-18(19)21-24(15)16;5-4(6)3-1-2-3/h3-9,14H,10-11H2,1-2H3,(H2,19,21);3H,1-2H2,(H,5,6). The Balaban J connectivity index is 0.000000334. The lowest BCUT2D eigenvalue weighted by Gasteiger charge is -2.42. The van der Waals surface area contributed by atoms with Crippen LogP contribution in [0.15, 0.2) is 42.5 Å². The highest BCUT2D eigenvalue weighted by atomic mass is 16.4. The van der Waals surface area contributed by atoms with Crippen molar-refractivity contribution in [3.8, 4) is 11.3 Å². The third-order valence-electron chi connectivity index (χ3n) is 5.61. The Labute approximate surface area is 180 Å². The number of fused-ring (bicyclic) bond motifs is 1. The van der Waals surface area contributed by atoms with Gasteiger partial charge in [-0.25, -0.2) is 4.52 Å². The fourth-order valence-corrected chi connectivity index (χ4v) is 3.38. The lowest BCUT2D eigenvalue weighted by Crippen LogP contribution is -2.59. The molecule has 0 spiro atoms. The number of benzene rings is 1. The zero-order valence-corrected chi connectivity index (χ0v) is 17.6. The number of nitrogens with two attached hydrogens (primary N) is 1. The Kier molecular flexibility index (Phi) is 5.60. The van der Waals surface area contributed by atoms with Crippen LogP contribution in [0.5, 0.6) is 0 Å². The summed E-state index contributed by atoms with van der Waals surface area (Å²) < 4.78 is 1.71. The fraction of sp³-hybridized carbons (Fsp3) is 0.364. The largest absolute Gasteiger partial charge is 0.481 e. The third-order valence-corrected chi connectivity index (χ3v) is 5.61. The molecule has 1 amide bonds. The maximum atomic E-state index is 12.5. The maximum Gasteiger partial charge on any atom is 0.306 e. The van der Waals surface area contributed by atoms with Crippen molar-refractivity contribution >= 4 is 23.5 Å². The van der Waals surface area contributed by atoms with Gasteiger partial charge in [-0.15, -0.1) is 5.10 Å². The second-order valence-corrected chi connectivity index (χ2v) is 8.17. The highest BCUT2D eigenvalue weighted by Gasteiger charge is 2.32. The number of rotatable bonds is 4. The summed E-state index contributed by atoms with van der Waals surface area (Å²) in [5.41, 5.74) is 8.94. The number of carboxylic acids is 1. The highest BCUT2D eigenvalue weighted by Crippen LogP contribution is 2.28. The Morgan fingerprint density at radius 1 is 1.10 bits per heavy atom. The van der Waals surface area contributed by atoms with Crippen LogP contribution in [0.25, 0.3) is 16.9 Å². The number of hydrogen-bond acceptors (Lipinski definition) is 6. The summed E-state index contributed by atoms with van der Waals surface area (Å²) in [4.78, 5) is 30.5. The zero-order valence-electron chi connectivity index (χ0n) is 17.6. The summed E-state index contributed by atoms with van der Waals surface area (Å²) >= 11 is 0. The molecule has 0 unspecified atom stereocenters. The second-order valence-electron chi connectivity index (χ2n) is 8.17. The molecule has 2 fully saturated rings. The number of amides is 1. The summed E-state index contributed by atoms with van der Waals surface area (Å²) in [7, 11) is 4.08. The van der Waals surface area contributed by atoms with Crippen molar-refractivity contribution < 1.29 is 14.7 Å². The molecule has 1 aromatic carbocycles. The van der Waals surface area contributed by atoms with Crippen LogP contribution in [-0.4, -0.2) is 74.6 Å². The number of aromatic nitrogens is 3. The summed E-state index contributed by atoms with van der Waals surface area (Å²) in [6.45, 7) is 1.57. The molecule has 3 heterocycles. The molecule has 162 valence electrons. The van der Waals surface area contributed by atoms with E-state index in [1.165, 1.54) is 0 Å². The first-order valence-corrected chi connectivity index (χ1v) is 10.2. The lowest BCUT2D eigenvalue weighted by molar-refractivity contribution is -0.138. The van der Waals surface area contributed by atoms with Crippen molar-refractivity contribution in [2.24, 2.45) is 5.92 Å². The maximum absolute atomic E-state index is 12.5. The number of carbonyl (C=O) groups excluding carboxylic acids is 1. The molecular weight excluding hydrogens is 396 g/mol. The number of anilines is 1. The van der Waals surface area contributed by atoms with E-state index < -0.39 is 5.97 Å². The molecule has 1 saturated heterocycles. The van der Waals surface area contributed by atoms with Gasteiger partial charge in [0.15, 0.2) is 5.65 Å². The predicted molar refractivity (Wildman–Crippen MR) is 117 cm³/mol. The van der Waals surface area contributed by atoms with Gasteiger partial charge in [-0.3, -0.25) is 9.59 Å². The van der Waals surface area contributed by atoms with Gasteiger partial charge in [0.05, 0.1) is 11.6 Å². The van der Waals surface area contributed by atoms with Crippen LogP contribution < -0.4 is 5.73 Å². The number of carboxylic acid groups (broad SMARTS) is 1. The monoisotopic (exact) mass is 422 g/mol. The first kappa shape index (κ1) is 20.8. The van der Waals surface area contributed by atoms with Crippen LogP contribution in [0.1, 0.15) is 23.2 Å². The van der Waals surface area contributed by atoms with Crippen LogP contribution in [-0.2, 0) is 4.79 Å². The average molecular weight is 422 g/mol. The minimum absolute atomic E-state index is 0.0185. The molecule has 2 aromatic heterocycles. The van der Waals surface area contributed by atoms with Crippen LogP contribution in [0.4, 0.5) is 5.95 Å². The third kappa shape index (κ3) is 4.51. The minimum Gasteiger partial charge on any atom is -0.481 e. The van der Waals surface area contributed by atoms with Crippen LogP contribution in [0.3, 0.4) is 0 Å². The van der Waals surface area contributed by atoms with E-state index in [-0.39, 0.29) is 17.8 Å². The molecule has 0 bridgehead atoms. The van der Waals surface area contributed by atoms with E-state index in [0.29, 0.717) is 17.3 Å². The number of likely N-dealkylation sites (tertiary alicyclic amines) is 1. The Hall–Kier alpha value is -3.46. The molecule has 1 saturated carbocycles. The molecule has 31 heavy (non-hydrogen) atoms. The predicted octanol–water partition coefficient (Wildman–Crippen LogP) is 1.85. The molecule has 9 heteroatoms. The van der Waals surface area contributed by atoms with E-state index in [1.54, 1.807) is 4.52 Å². The molecule has 2 aliphatic rings. The molecule has 1 aliphatic heterocycles. The van der Waals surface area contributed by atoms with Gasteiger partial charge in [0.1, 0.15) is 0 Å². The molecule has 0 radical (unpaired) electrons. The number of carbonyl (C=O) groups is 2. The smallest absolute Gasteiger partial charge is 0.306 e. The van der Waals surface area contributed by atoms with E-state index in [1.807, 2.05) is 61.5 Å². The quantitative estimate of drug-likeness (QED) is 0.659. The number of pyridine rings is 1. The van der Waals surface area contributed by atoms with Crippen LogP contribution >= 0.6 is 0 Å². The SMILES string of the molecule is CN(C)C1CN(C(=O)c2ccc(-c3cccc4nc(N)nn34)cc2)C1.O=C(O)C1CC1. The summed E-state index contributed by atoms with van der Waals surface area (Å²) in [5.74, 6) is -0.291. The van der Waals surface area contributed by atoms with Crippen molar-refractivity contribution in [3.05, 3.63) is 48.0 Å². The Bertz CT molecular complexity index is 1100. The molecule has 5 rings (SSSR count). The number of likely N-dealkylation sites (N-methyl/N-ethyl adjacent to an activating group) is 1. The first-order valence-electron chi connectivity index (χ1n) is 10.2. The van der Waals surface area contributed by atoms with E-state index in [9.17, 15) is 9.59 Å². The van der Waals surface area contributed by atoms with Crippen LogP contribution in [0.2, 0.25) is 0 Å². The van der Waals surface area contributed by atoms with Gasteiger partial charge in [0.25, 0.3) is 5.91 Å². The van der Waals surface area contributed by atoms with Crippen molar-refractivity contribution in [2.45, 2.75) is 18.9 Å². The summed E-state index contributed by atoms with van der Waals surface area (Å²) in [6.07, 6.45) is 1.80. The Morgan fingerprint density at radius 3 is 2.32 bits per heavy atom. The van der Waals surface area contributed by atoms with Gasteiger partial charge in [0, 0.05) is 30.3 Å². The topological polar surface area (TPSA) is 117 Å². The van der Waals surface area contributed by atoms with Gasteiger partial charge in [-0.05, 0) is 51.2 Å². The van der Waals surface area contributed by atoms with E-state index in [4.69, 9.17) is 10.8 Å². The molecule has 3 N–H and O–H groups in total. The summed E-state index contributed by atoms with van der Waals surface area (Å²) in [6, 6.07) is 13.8. The van der Waals surface area contributed by atoms with Gasteiger partial charge in [0.2, 0.25) is 5.95 Å². The van der Waals surface area contributed by atoms with E-state index in [2.05, 4.69) is 15.0 Å². The fourth-order valence-electron chi connectivity index (χ4n) is 3.38. The van der Waals surface area contributed by atoms with Crippen LogP contribution in [0, 0.1) is 5.92 Å². The highest BCUT2D eigenvalue weighted by molar-refractivity contribution is 5.95. The van der Waals surface area contributed by atoms with Crippen molar-refractivity contribution in [2.75, 3.05) is 32.9 Å². The second kappa shape index (κ2) is 8.35. The minimum atomic E-state index is -0.630. The molecular formula is C22H26N6O3. The van der Waals surface area contributed by atoms with E-state index in [0.717, 1.165) is 37.2 Å². The van der Waals surface area contributed by atoms with Gasteiger partial charge < -0.3 is 20.6 Å². The van der Waals surface area contributed by atoms with Crippen molar-refractivity contribution in [3.63, 3.8) is 0 Å². The number of nitrogen functional groups attached to an aromatic ring is 1. The molecule has 1 aliphatic carbocycles. The number of aliphatic carboxylic acids is 1. The Morgan fingerprint density at radius 2 is 1.77 bits per heavy atom. The normalized spacial score (nSPS) is 16.0. The van der Waals surface area contributed by atoms with Crippen molar-refractivity contribution in [1.82, 2.24) is 24.4 Å². The van der Waals surface area contributed by atoms with Crippen molar-refractivity contribution in [1.29, 1.82) is 0 Å².